The number of hydrogen-bond donors (Lipinski definition) is 0. The lowest BCUT2D eigenvalue weighted by Gasteiger charge is -2.43. The zero-order valence-corrected chi connectivity index (χ0v) is 32.3. The normalized spacial score (nSPS) is 17.4. The Bertz CT molecular complexity index is 2940. The van der Waals surface area contributed by atoms with Gasteiger partial charge in [-0.2, -0.15) is 0 Å². The number of benzene rings is 7. The molecule has 0 fully saturated rings. The molecule has 8 aromatic rings. The molecular formula is C51H40FNS. The van der Waals surface area contributed by atoms with Crippen molar-refractivity contribution in [1.29, 1.82) is 0 Å². The Morgan fingerprint density at radius 1 is 0.556 bits per heavy atom. The maximum Gasteiger partial charge on any atom is 0.123 e. The molecule has 1 nitrogen and oxygen atoms in total. The van der Waals surface area contributed by atoms with Crippen LogP contribution in [-0.4, -0.2) is 0 Å². The molecule has 7 aromatic carbocycles. The summed E-state index contributed by atoms with van der Waals surface area (Å²) in [6.07, 6.45) is 0. The van der Waals surface area contributed by atoms with E-state index in [0.717, 1.165) is 28.1 Å². The lowest BCUT2D eigenvalue weighted by atomic mass is 9.66. The van der Waals surface area contributed by atoms with Gasteiger partial charge in [-0.25, -0.2) is 4.39 Å². The number of fused-ring (bicyclic) bond motifs is 14. The van der Waals surface area contributed by atoms with Gasteiger partial charge in [0.25, 0.3) is 0 Å². The van der Waals surface area contributed by atoms with Gasteiger partial charge in [0.15, 0.2) is 0 Å². The molecule has 3 aliphatic rings. The van der Waals surface area contributed by atoms with E-state index < -0.39 is 5.41 Å². The van der Waals surface area contributed by atoms with Gasteiger partial charge in [-0.3, -0.25) is 0 Å². The molecule has 1 aromatic heterocycles. The highest BCUT2D eigenvalue weighted by atomic mass is 32.1. The molecule has 1 aliphatic heterocycles. The molecule has 2 aliphatic carbocycles. The van der Waals surface area contributed by atoms with Crippen LogP contribution in [0.25, 0.3) is 53.6 Å². The Morgan fingerprint density at radius 3 is 1.94 bits per heavy atom. The quantitative estimate of drug-likeness (QED) is 0.163. The van der Waals surface area contributed by atoms with Gasteiger partial charge >= 0.3 is 0 Å². The lowest BCUT2D eigenvalue weighted by molar-refractivity contribution is 0.589. The van der Waals surface area contributed by atoms with Gasteiger partial charge in [-0.05, 0) is 110 Å². The molecule has 0 spiro atoms. The highest BCUT2D eigenvalue weighted by Crippen LogP contribution is 2.68. The molecule has 54 heavy (non-hydrogen) atoms. The third kappa shape index (κ3) is 3.93. The van der Waals surface area contributed by atoms with Gasteiger partial charge in [0.2, 0.25) is 0 Å². The van der Waals surface area contributed by atoms with Crippen LogP contribution in [0.15, 0.2) is 133 Å². The molecule has 0 N–H and O–H groups in total. The number of hydrogen-bond acceptors (Lipinski definition) is 2. The third-order valence-corrected chi connectivity index (χ3v) is 13.9. The number of nitrogens with zero attached hydrogens (tertiary/aromatic N) is 1. The van der Waals surface area contributed by atoms with Gasteiger partial charge in [0.1, 0.15) is 5.82 Å². The molecule has 3 heteroatoms. The molecule has 0 saturated carbocycles. The summed E-state index contributed by atoms with van der Waals surface area (Å²) in [6.45, 7) is 14.4. The van der Waals surface area contributed by atoms with Crippen molar-refractivity contribution in [2.75, 3.05) is 4.90 Å². The van der Waals surface area contributed by atoms with Crippen molar-refractivity contribution < 1.29 is 4.39 Å². The molecule has 2 heterocycles. The molecule has 1 unspecified atom stereocenters. The standard InChI is InChI=1S/C51H40FNS/c1-49(2,3)45-43-34-17-7-11-19-37(34)50(4,5)46(43)48-47-44(45)35-18-8-12-20-38(35)51(47,6)39-26-23-29(52)27-36(39)31-15-9-13-21-40(31)53(48)30-24-25-33-32-16-10-14-22-41(32)54-42(33)28-30/h7-28H,1-6H3. The minimum atomic E-state index is -0.586. The van der Waals surface area contributed by atoms with Crippen LogP contribution in [-0.2, 0) is 16.2 Å². The van der Waals surface area contributed by atoms with Crippen LogP contribution in [0.4, 0.5) is 21.5 Å². The highest BCUT2D eigenvalue weighted by Gasteiger charge is 2.53. The van der Waals surface area contributed by atoms with E-state index >= 15 is 4.39 Å². The fraction of sp³-hybridized carbons (Fsp3) is 0.176. The fourth-order valence-electron chi connectivity index (χ4n) is 10.6. The van der Waals surface area contributed by atoms with E-state index in [9.17, 15) is 0 Å². The summed E-state index contributed by atoms with van der Waals surface area (Å²) in [6, 6.07) is 48.1. The SMILES string of the molecule is CC(C)(C)c1c2c(c3c4c1-c1ccccc1C4(C)c1ccc(F)cc1-c1ccccc1N3c1ccc3c(c1)sc1ccccc13)C(C)(C)c1ccccc1-2. The monoisotopic (exact) mass is 717 g/mol. The number of thiophene rings is 1. The van der Waals surface area contributed by atoms with Crippen LogP contribution in [0.5, 0.6) is 0 Å². The summed E-state index contributed by atoms with van der Waals surface area (Å²) < 4.78 is 18.3. The average molecular weight is 718 g/mol. The van der Waals surface area contributed by atoms with E-state index in [2.05, 4.69) is 168 Å². The van der Waals surface area contributed by atoms with Crippen molar-refractivity contribution in [2.45, 2.75) is 57.8 Å². The van der Waals surface area contributed by atoms with Gasteiger partial charge in [0, 0.05) is 42.3 Å². The predicted octanol–water partition coefficient (Wildman–Crippen LogP) is 14.6. The van der Waals surface area contributed by atoms with Crippen LogP contribution >= 0.6 is 11.3 Å². The van der Waals surface area contributed by atoms with Gasteiger partial charge < -0.3 is 4.90 Å². The van der Waals surface area contributed by atoms with Gasteiger partial charge in [-0.15, -0.1) is 11.3 Å². The topological polar surface area (TPSA) is 3.24 Å². The van der Waals surface area contributed by atoms with Crippen molar-refractivity contribution in [2.24, 2.45) is 0 Å². The number of halogens is 1. The Balaban J connectivity index is 1.41. The Kier molecular flexibility index (Phi) is 6.26. The second-order valence-corrected chi connectivity index (χ2v) is 18.2. The summed E-state index contributed by atoms with van der Waals surface area (Å²) in [5, 5.41) is 2.56. The first kappa shape index (κ1) is 32.0. The Morgan fingerprint density at radius 2 is 1.17 bits per heavy atom. The van der Waals surface area contributed by atoms with Crippen molar-refractivity contribution in [1.82, 2.24) is 0 Å². The number of rotatable bonds is 1. The van der Waals surface area contributed by atoms with Crippen molar-refractivity contribution in [3.05, 3.63) is 173 Å². The summed E-state index contributed by atoms with van der Waals surface area (Å²) in [5.74, 6) is -0.224. The van der Waals surface area contributed by atoms with E-state index in [1.165, 1.54) is 75.9 Å². The summed E-state index contributed by atoms with van der Waals surface area (Å²) in [4.78, 5) is 2.56. The maximum absolute atomic E-state index is 15.7. The smallest absolute Gasteiger partial charge is 0.123 e. The molecule has 262 valence electrons. The highest BCUT2D eigenvalue weighted by molar-refractivity contribution is 7.25. The first-order valence-electron chi connectivity index (χ1n) is 19.1. The molecule has 0 bridgehead atoms. The van der Waals surface area contributed by atoms with Crippen LogP contribution in [0, 0.1) is 5.82 Å². The molecule has 0 radical (unpaired) electrons. The van der Waals surface area contributed by atoms with Gasteiger partial charge in [0.05, 0.1) is 11.4 Å². The second-order valence-electron chi connectivity index (χ2n) is 17.1. The Labute approximate surface area is 320 Å². The Hall–Kier alpha value is -5.51. The largest absolute Gasteiger partial charge is 0.309 e. The molecule has 0 amide bonds. The van der Waals surface area contributed by atoms with Gasteiger partial charge in [-0.1, -0.05) is 132 Å². The molecule has 1 atom stereocenters. The first-order valence-corrected chi connectivity index (χ1v) is 19.9. The predicted molar refractivity (Wildman–Crippen MR) is 227 cm³/mol. The van der Waals surface area contributed by atoms with Crippen LogP contribution in [0.1, 0.15) is 74.9 Å². The van der Waals surface area contributed by atoms with E-state index in [0.29, 0.717) is 0 Å². The zero-order chi connectivity index (χ0) is 36.9. The van der Waals surface area contributed by atoms with E-state index in [4.69, 9.17) is 0 Å². The summed E-state index contributed by atoms with van der Waals surface area (Å²) >= 11 is 1.85. The van der Waals surface area contributed by atoms with E-state index in [1.54, 1.807) is 12.1 Å². The number of anilines is 3. The minimum absolute atomic E-state index is 0.187. The third-order valence-electron chi connectivity index (χ3n) is 12.8. The molecular weight excluding hydrogens is 678 g/mol. The van der Waals surface area contributed by atoms with Crippen molar-refractivity contribution >= 4 is 48.6 Å². The van der Waals surface area contributed by atoms with Crippen LogP contribution < -0.4 is 4.90 Å². The van der Waals surface area contributed by atoms with Crippen LogP contribution in [0.3, 0.4) is 0 Å². The molecule has 0 saturated heterocycles. The lowest BCUT2D eigenvalue weighted by Crippen LogP contribution is -2.31. The van der Waals surface area contributed by atoms with E-state index in [1.807, 2.05) is 11.3 Å². The number of para-hydroxylation sites is 1. The molecule has 11 rings (SSSR count). The average Bonchev–Trinajstić information content (AvgIpc) is 3.74. The van der Waals surface area contributed by atoms with E-state index in [-0.39, 0.29) is 16.6 Å². The summed E-state index contributed by atoms with van der Waals surface area (Å²) in [5.41, 5.74) is 17.4. The van der Waals surface area contributed by atoms with Crippen LogP contribution in [0.2, 0.25) is 0 Å². The maximum atomic E-state index is 15.7. The zero-order valence-electron chi connectivity index (χ0n) is 31.4. The second kappa shape index (κ2) is 10.6. The first-order chi connectivity index (χ1) is 26.0. The minimum Gasteiger partial charge on any atom is -0.309 e. The van der Waals surface area contributed by atoms with Crippen molar-refractivity contribution in [3.63, 3.8) is 0 Å². The fourth-order valence-corrected chi connectivity index (χ4v) is 11.7. The van der Waals surface area contributed by atoms with Crippen molar-refractivity contribution in [3.8, 4) is 33.4 Å². The summed E-state index contributed by atoms with van der Waals surface area (Å²) in [7, 11) is 0.